The molecular formula is C17H23N3O. The van der Waals surface area contributed by atoms with Crippen molar-refractivity contribution in [3.63, 3.8) is 0 Å². The van der Waals surface area contributed by atoms with Crippen molar-refractivity contribution in [3.8, 4) is 0 Å². The number of benzene rings is 2. The molecule has 2 rings (SSSR count). The largest absolute Gasteiger partial charge is 0.384 e. The number of hydrogen-bond donors (Lipinski definition) is 2. The molecule has 0 aromatic heterocycles. The Kier molecular flexibility index (Phi) is 4.81. The van der Waals surface area contributed by atoms with Gasteiger partial charge in [-0.3, -0.25) is 5.41 Å². The van der Waals surface area contributed by atoms with Gasteiger partial charge in [-0.1, -0.05) is 24.3 Å². The third kappa shape index (κ3) is 3.16. The Bertz CT molecular complexity index is 637. The fraction of sp³-hybridized carbons (Fsp3) is 0.353. The number of nitrogens with zero attached hydrogens (tertiary/aromatic N) is 1. The van der Waals surface area contributed by atoms with E-state index in [0.717, 1.165) is 28.6 Å². The summed E-state index contributed by atoms with van der Waals surface area (Å²) in [7, 11) is 1.72. The molecule has 0 amide bonds. The summed E-state index contributed by atoms with van der Waals surface area (Å²) in [6.45, 7) is 5.85. The van der Waals surface area contributed by atoms with Gasteiger partial charge in [0.1, 0.15) is 5.84 Å². The van der Waals surface area contributed by atoms with Crippen molar-refractivity contribution >= 4 is 22.3 Å². The van der Waals surface area contributed by atoms with E-state index in [1.165, 1.54) is 0 Å². The number of methoxy groups -OCH3 is 1. The lowest BCUT2D eigenvalue weighted by Crippen LogP contribution is -2.34. The van der Waals surface area contributed by atoms with Gasteiger partial charge in [0.05, 0.1) is 6.61 Å². The van der Waals surface area contributed by atoms with Crippen molar-refractivity contribution in [2.24, 2.45) is 5.73 Å². The lowest BCUT2D eigenvalue weighted by molar-refractivity contribution is 0.204. The van der Waals surface area contributed by atoms with E-state index in [4.69, 9.17) is 15.9 Å². The highest BCUT2D eigenvalue weighted by atomic mass is 16.5. The second-order valence-corrected chi connectivity index (χ2v) is 5.37. The van der Waals surface area contributed by atoms with Gasteiger partial charge in [0.25, 0.3) is 0 Å². The zero-order chi connectivity index (χ0) is 15.4. The molecule has 3 N–H and O–H groups in total. The number of ether oxygens (including phenoxy) is 1. The zero-order valence-corrected chi connectivity index (χ0v) is 12.9. The van der Waals surface area contributed by atoms with Gasteiger partial charge >= 0.3 is 0 Å². The summed E-state index contributed by atoms with van der Waals surface area (Å²) >= 11 is 0. The van der Waals surface area contributed by atoms with Crippen molar-refractivity contribution in [2.75, 3.05) is 25.2 Å². The molecule has 0 spiro atoms. The summed E-state index contributed by atoms with van der Waals surface area (Å²) in [5.41, 5.74) is 7.63. The molecule has 2 aromatic carbocycles. The lowest BCUT2D eigenvalue weighted by Gasteiger charge is -2.30. The molecule has 4 heteroatoms. The first kappa shape index (κ1) is 15.3. The van der Waals surface area contributed by atoms with Crippen LogP contribution in [0.25, 0.3) is 10.8 Å². The van der Waals surface area contributed by atoms with Gasteiger partial charge in [-0.25, -0.2) is 0 Å². The van der Waals surface area contributed by atoms with Crippen LogP contribution in [-0.4, -0.2) is 32.1 Å². The summed E-state index contributed by atoms with van der Waals surface area (Å²) in [5, 5.41) is 9.87. The van der Waals surface area contributed by atoms with Crippen LogP contribution in [-0.2, 0) is 4.74 Å². The van der Waals surface area contributed by atoms with Crippen LogP contribution >= 0.6 is 0 Å². The number of nitrogen functional groups attached to an aromatic ring is 1. The number of amidine groups is 1. The Balaban J connectivity index is 2.58. The number of nitrogens with one attached hydrogen (secondary N) is 1. The topological polar surface area (TPSA) is 62.3 Å². The van der Waals surface area contributed by atoms with E-state index in [9.17, 15) is 0 Å². The molecule has 4 nitrogen and oxygen atoms in total. The highest BCUT2D eigenvalue weighted by Crippen LogP contribution is 2.30. The molecule has 112 valence electrons. The van der Waals surface area contributed by atoms with Crippen LogP contribution in [0.15, 0.2) is 36.4 Å². The fourth-order valence-electron chi connectivity index (χ4n) is 2.61. The molecule has 0 unspecified atom stereocenters. The fourth-order valence-corrected chi connectivity index (χ4v) is 2.61. The third-order valence-corrected chi connectivity index (χ3v) is 3.66. The van der Waals surface area contributed by atoms with Crippen LogP contribution < -0.4 is 10.6 Å². The van der Waals surface area contributed by atoms with Crippen LogP contribution in [0.4, 0.5) is 5.69 Å². The standard InChI is InChI=1S/C17H23N3O/c1-12(2)20(10-11-21-3)16-9-8-15(17(18)19)13-6-4-5-7-14(13)16/h4-9,12H,10-11H2,1-3H3,(H3,18,19). The van der Waals surface area contributed by atoms with E-state index in [1.54, 1.807) is 7.11 Å². The van der Waals surface area contributed by atoms with Crippen LogP contribution in [0.1, 0.15) is 19.4 Å². The van der Waals surface area contributed by atoms with E-state index >= 15 is 0 Å². The predicted octanol–water partition coefficient (Wildman–Crippen LogP) is 2.99. The third-order valence-electron chi connectivity index (χ3n) is 3.66. The maximum Gasteiger partial charge on any atom is 0.123 e. The minimum Gasteiger partial charge on any atom is -0.384 e. The average molecular weight is 285 g/mol. The van der Waals surface area contributed by atoms with E-state index in [1.807, 2.05) is 24.3 Å². The van der Waals surface area contributed by atoms with Gasteiger partial charge in [0.15, 0.2) is 0 Å². The molecule has 0 radical (unpaired) electrons. The molecule has 0 saturated carbocycles. The van der Waals surface area contributed by atoms with Gasteiger partial charge in [-0.05, 0) is 31.4 Å². The first-order chi connectivity index (χ1) is 10.1. The Morgan fingerprint density at radius 2 is 1.86 bits per heavy atom. The number of rotatable bonds is 6. The highest BCUT2D eigenvalue weighted by Gasteiger charge is 2.15. The molecule has 0 aliphatic carbocycles. The normalized spacial score (nSPS) is 11.0. The quantitative estimate of drug-likeness (QED) is 0.633. The van der Waals surface area contributed by atoms with Crippen molar-refractivity contribution in [1.82, 2.24) is 0 Å². The van der Waals surface area contributed by atoms with E-state index < -0.39 is 0 Å². The SMILES string of the molecule is COCCN(c1ccc(C(=N)N)c2ccccc12)C(C)C. The molecule has 0 heterocycles. The summed E-state index contributed by atoms with van der Waals surface area (Å²) in [5.74, 6) is 0.103. The summed E-state index contributed by atoms with van der Waals surface area (Å²) < 4.78 is 5.22. The highest BCUT2D eigenvalue weighted by molar-refractivity contribution is 6.10. The Morgan fingerprint density at radius 3 is 2.43 bits per heavy atom. The molecule has 0 fully saturated rings. The molecule has 0 aliphatic rings. The first-order valence-corrected chi connectivity index (χ1v) is 7.18. The molecule has 0 atom stereocenters. The van der Waals surface area contributed by atoms with Crippen molar-refractivity contribution < 1.29 is 4.74 Å². The van der Waals surface area contributed by atoms with Crippen molar-refractivity contribution in [2.45, 2.75) is 19.9 Å². The Hall–Kier alpha value is -2.07. The average Bonchev–Trinajstić information content (AvgIpc) is 2.47. The Labute approximate surface area is 126 Å². The van der Waals surface area contributed by atoms with Gasteiger partial charge in [-0.15, -0.1) is 0 Å². The summed E-state index contributed by atoms with van der Waals surface area (Å²) in [6.07, 6.45) is 0. The smallest absolute Gasteiger partial charge is 0.123 e. The zero-order valence-electron chi connectivity index (χ0n) is 12.9. The second-order valence-electron chi connectivity index (χ2n) is 5.37. The minimum absolute atomic E-state index is 0.103. The summed E-state index contributed by atoms with van der Waals surface area (Å²) in [6, 6.07) is 12.4. The van der Waals surface area contributed by atoms with Crippen molar-refractivity contribution in [1.29, 1.82) is 5.41 Å². The maximum atomic E-state index is 7.73. The number of hydrogen-bond acceptors (Lipinski definition) is 3. The maximum absolute atomic E-state index is 7.73. The molecular weight excluding hydrogens is 262 g/mol. The minimum atomic E-state index is 0.103. The van der Waals surface area contributed by atoms with Crippen LogP contribution in [0.3, 0.4) is 0 Å². The van der Waals surface area contributed by atoms with Gasteiger partial charge in [0, 0.05) is 36.3 Å². The van der Waals surface area contributed by atoms with E-state index in [2.05, 4.69) is 30.9 Å². The molecule has 0 saturated heterocycles. The van der Waals surface area contributed by atoms with Crippen molar-refractivity contribution in [3.05, 3.63) is 42.0 Å². The molecule has 0 aliphatic heterocycles. The molecule has 2 aromatic rings. The second kappa shape index (κ2) is 6.59. The van der Waals surface area contributed by atoms with Crippen LogP contribution in [0.5, 0.6) is 0 Å². The monoisotopic (exact) mass is 285 g/mol. The van der Waals surface area contributed by atoms with Gasteiger partial charge in [-0.2, -0.15) is 0 Å². The van der Waals surface area contributed by atoms with E-state index in [-0.39, 0.29) is 5.84 Å². The number of fused-ring (bicyclic) bond motifs is 1. The summed E-state index contributed by atoms with van der Waals surface area (Å²) in [4.78, 5) is 2.32. The number of anilines is 1. The molecule has 21 heavy (non-hydrogen) atoms. The number of nitrogens with two attached hydrogens (primary N) is 1. The lowest BCUT2D eigenvalue weighted by atomic mass is 10.0. The first-order valence-electron chi connectivity index (χ1n) is 7.18. The van der Waals surface area contributed by atoms with Gasteiger partial charge in [0.2, 0.25) is 0 Å². The Morgan fingerprint density at radius 1 is 1.19 bits per heavy atom. The van der Waals surface area contributed by atoms with Crippen LogP contribution in [0, 0.1) is 5.41 Å². The van der Waals surface area contributed by atoms with E-state index in [0.29, 0.717) is 12.6 Å². The predicted molar refractivity (Wildman–Crippen MR) is 89.3 cm³/mol. The van der Waals surface area contributed by atoms with Crippen LogP contribution in [0.2, 0.25) is 0 Å². The van der Waals surface area contributed by atoms with Gasteiger partial charge < -0.3 is 15.4 Å². The molecule has 0 bridgehead atoms.